The summed E-state index contributed by atoms with van der Waals surface area (Å²) in [6.07, 6.45) is 3.18. The number of fused-ring (bicyclic) bond motifs is 1. The number of ether oxygens (including phenoxy) is 2. The Bertz CT molecular complexity index is 2390. The number of hydrogen-bond acceptors (Lipinski definition) is 10. The van der Waals surface area contributed by atoms with E-state index in [9.17, 15) is 28.1 Å². The molecule has 6 aliphatic rings. The predicted octanol–water partition coefficient (Wildman–Crippen LogP) is 9.99. The van der Waals surface area contributed by atoms with E-state index >= 15 is 4.39 Å². The molecule has 2 saturated heterocycles. The average molecular weight is 878 g/mol. The van der Waals surface area contributed by atoms with E-state index in [0.29, 0.717) is 48.3 Å². The second kappa shape index (κ2) is 16.0. The van der Waals surface area contributed by atoms with E-state index in [1.807, 2.05) is 24.3 Å². The molecule has 5 fully saturated rings. The van der Waals surface area contributed by atoms with Gasteiger partial charge in [-0.05, 0) is 97.7 Å². The Balaban J connectivity index is 0.887. The third kappa shape index (κ3) is 8.34. The SMILES string of the molecule is CC1(C)CCC(CN2CCN(c3ccc(C(=O)NSc4ccc(NCC5(F)CCOCC5)c([N+](=O)[O-])c4)c(Oc4cnc5[nH]ccc5c4)c3)CC2)=C(C23CC(C(F)(F)F)(C2)C3)C1. The van der Waals surface area contributed by atoms with Crippen LogP contribution in [-0.4, -0.2) is 90.0 Å². The summed E-state index contributed by atoms with van der Waals surface area (Å²) in [7, 11) is 0. The van der Waals surface area contributed by atoms with Gasteiger partial charge < -0.3 is 24.7 Å². The summed E-state index contributed by atoms with van der Waals surface area (Å²) in [5.74, 6) is 0.249. The minimum absolute atomic E-state index is 0.0836. The predicted molar refractivity (Wildman–Crippen MR) is 229 cm³/mol. The van der Waals surface area contributed by atoms with E-state index in [2.05, 4.69) is 43.7 Å². The van der Waals surface area contributed by atoms with Gasteiger partial charge in [0.15, 0.2) is 0 Å². The van der Waals surface area contributed by atoms with Crippen molar-refractivity contribution in [3.8, 4) is 11.5 Å². The third-order valence-electron chi connectivity index (χ3n) is 13.8. The molecule has 2 aromatic heterocycles. The van der Waals surface area contributed by atoms with Gasteiger partial charge in [0.05, 0.1) is 22.1 Å². The number of alkyl halides is 4. The lowest BCUT2D eigenvalue weighted by atomic mass is 9.31. The van der Waals surface area contributed by atoms with Crippen molar-refractivity contribution in [2.75, 3.05) is 62.7 Å². The van der Waals surface area contributed by atoms with Crippen molar-refractivity contribution in [3.63, 3.8) is 0 Å². The zero-order chi connectivity index (χ0) is 43.5. The molecule has 0 spiro atoms. The molecule has 2 bridgehead atoms. The van der Waals surface area contributed by atoms with Crippen LogP contribution < -0.4 is 19.7 Å². The monoisotopic (exact) mass is 877 g/mol. The van der Waals surface area contributed by atoms with E-state index in [0.717, 1.165) is 61.9 Å². The fourth-order valence-electron chi connectivity index (χ4n) is 10.2. The van der Waals surface area contributed by atoms with Crippen molar-refractivity contribution in [2.45, 2.75) is 82.0 Å². The number of aromatic nitrogens is 2. The Morgan fingerprint density at radius 1 is 1.03 bits per heavy atom. The Morgan fingerprint density at radius 2 is 1.79 bits per heavy atom. The molecule has 0 atom stereocenters. The number of rotatable bonds is 13. The van der Waals surface area contributed by atoms with Crippen LogP contribution in [0, 0.1) is 26.4 Å². The number of aromatic amines is 1. The number of H-pyrrole nitrogens is 1. The number of carbonyl (C=O) groups is 1. The van der Waals surface area contributed by atoms with E-state index < -0.39 is 28.1 Å². The first-order valence-corrected chi connectivity index (χ1v) is 22.1. The molecule has 62 heavy (non-hydrogen) atoms. The Morgan fingerprint density at radius 3 is 2.52 bits per heavy atom. The summed E-state index contributed by atoms with van der Waals surface area (Å²) in [4.78, 5) is 37.9. The summed E-state index contributed by atoms with van der Waals surface area (Å²) in [5, 5.41) is 15.8. The van der Waals surface area contributed by atoms with Crippen molar-refractivity contribution in [1.82, 2.24) is 19.6 Å². The molecular formula is C45H51F4N7O5S. The zero-order valence-electron chi connectivity index (χ0n) is 34.8. The first kappa shape index (κ1) is 42.4. The maximum absolute atomic E-state index is 15.2. The van der Waals surface area contributed by atoms with Crippen LogP contribution in [0.1, 0.15) is 75.6 Å². The molecule has 2 aromatic carbocycles. The van der Waals surface area contributed by atoms with Gasteiger partial charge >= 0.3 is 6.18 Å². The van der Waals surface area contributed by atoms with E-state index in [1.54, 1.807) is 24.5 Å². The zero-order valence-corrected chi connectivity index (χ0v) is 35.7. The molecule has 3 saturated carbocycles. The quantitative estimate of drug-likeness (QED) is 0.0391. The molecule has 4 aromatic rings. The number of nitrogens with one attached hydrogen (secondary N) is 3. The fourth-order valence-corrected chi connectivity index (χ4v) is 10.8. The van der Waals surface area contributed by atoms with Gasteiger partial charge in [-0.25, -0.2) is 9.37 Å². The molecule has 0 radical (unpaired) electrons. The molecule has 1 amide bonds. The molecule has 330 valence electrons. The van der Waals surface area contributed by atoms with Crippen molar-refractivity contribution in [2.24, 2.45) is 16.2 Å². The highest BCUT2D eigenvalue weighted by atomic mass is 32.2. The van der Waals surface area contributed by atoms with Crippen LogP contribution >= 0.6 is 11.9 Å². The molecular weight excluding hydrogens is 827 g/mol. The molecule has 12 nitrogen and oxygen atoms in total. The lowest BCUT2D eigenvalue weighted by molar-refractivity contribution is -0.384. The normalized spacial score (nSPS) is 24.6. The van der Waals surface area contributed by atoms with Gasteiger partial charge in [0, 0.05) is 99.6 Å². The second-order valence-electron chi connectivity index (χ2n) is 18.7. The molecule has 2 aliphatic heterocycles. The molecule has 10 rings (SSSR count). The summed E-state index contributed by atoms with van der Waals surface area (Å²) in [6.45, 7) is 8.70. The number of anilines is 2. The van der Waals surface area contributed by atoms with Gasteiger partial charge in [0.25, 0.3) is 11.6 Å². The first-order valence-electron chi connectivity index (χ1n) is 21.3. The number of hydrogen-bond donors (Lipinski definition) is 3. The van der Waals surface area contributed by atoms with E-state index in [-0.39, 0.29) is 66.4 Å². The summed E-state index contributed by atoms with van der Waals surface area (Å²) in [5.41, 5.74) is 1.18. The smallest absolute Gasteiger partial charge is 0.394 e. The Labute approximate surface area is 361 Å². The van der Waals surface area contributed by atoms with Crippen LogP contribution in [0.15, 0.2) is 77.0 Å². The number of amides is 1. The molecule has 17 heteroatoms. The molecule has 4 heterocycles. The second-order valence-corrected chi connectivity index (χ2v) is 19.6. The maximum Gasteiger partial charge on any atom is 0.394 e. The lowest BCUT2D eigenvalue weighted by Crippen LogP contribution is -2.69. The fraction of sp³-hybridized carbons (Fsp3) is 0.511. The standard InChI is InChI=1S/C45H51F4N7O5S/c1-41(2)9-7-30(35(22-41)42-25-43(26-42,27-42)45(47,48)49)24-54-13-15-55(16-14-54)31-3-5-34(38(20-31)61-32-19-29-8-12-50-39(29)51-23-32)40(57)53-62-33-4-6-36(37(21-33)56(58)59)52-28-44(46)10-17-60-18-11-44/h3-6,8,12,19-21,23,52H,7,9-11,13-18,22,24-28H2,1-2H3,(H,50,51)(H,53,57). The van der Waals surface area contributed by atoms with Crippen molar-refractivity contribution < 1.29 is 36.8 Å². The topological polar surface area (TPSA) is 138 Å². The molecule has 0 unspecified atom stereocenters. The number of benzene rings is 2. The van der Waals surface area contributed by atoms with Crippen molar-refractivity contribution in [1.29, 1.82) is 0 Å². The number of nitro groups is 1. The van der Waals surface area contributed by atoms with Crippen LogP contribution in [0.2, 0.25) is 0 Å². The largest absolute Gasteiger partial charge is 0.455 e. The number of piperazine rings is 1. The number of nitro benzene ring substituents is 1. The highest BCUT2D eigenvalue weighted by Gasteiger charge is 2.79. The van der Waals surface area contributed by atoms with E-state index in [4.69, 9.17) is 9.47 Å². The summed E-state index contributed by atoms with van der Waals surface area (Å²) >= 11 is 0.919. The van der Waals surface area contributed by atoms with E-state index in [1.165, 1.54) is 23.3 Å². The van der Waals surface area contributed by atoms with Crippen LogP contribution in [0.25, 0.3) is 11.0 Å². The van der Waals surface area contributed by atoms with Crippen molar-refractivity contribution in [3.05, 3.63) is 87.7 Å². The van der Waals surface area contributed by atoms with Crippen LogP contribution in [0.4, 0.5) is 34.6 Å². The highest BCUT2D eigenvalue weighted by Crippen LogP contribution is 2.82. The third-order valence-corrected chi connectivity index (χ3v) is 14.6. The average Bonchev–Trinajstić information content (AvgIpc) is 3.67. The minimum atomic E-state index is -4.13. The van der Waals surface area contributed by atoms with Crippen LogP contribution in [0.5, 0.6) is 11.5 Å². The number of carbonyl (C=O) groups excluding carboxylic acids is 1. The minimum Gasteiger partial charge on any atom is -0.455 e. The highest BCUT2D eigenvalue weighted by molar-refractivity contribution is 7.98. The van der Waals surface area contributed by atoms with Gasteiger partial charge in [0.2, 0.25) is 0 Å². The molecule has 4 aliphatic carbocycles. The molecule has 3 N–H and O–H groups in total. The number of allylic oxidation sites excluding steroid dienone is 1. The number of halogens is 4. The van der Waals surface area contributed by atoms with Crippen LogP contribution in [0.3, 0.4) is 0 Å². The maximum atomic E-state index is 15.2. The van der Waals surface area contributed by atoms with Crippen LogP contribution in [-0.2, 0) is 4.74 Å². The Kier molecular flexibility index (Phi) is 11.0. The van der Waals surface area contributed by atoms with Crippen molar-refractivity contribution >= 4 is 46.0 Å². The lowest BCUT2D eigenvalue weighted by Gasteiger charge is -2.72. The van der Waals surface area contributed by atoms with Gasteiger partial charge in [-0.3, -0.25) is 24.5 Å². The summed E-state index contributed by atoms with van der Waals surface area (Å²) < 4.78 is 71.1. The van der Waals surface area contributed by atoms with Gasteiger partial charge in [-0.2, -0.15) is 13.2 Å². The van der Waals surface area contributed by atoms with Gasteiger partial charge in [0.1, 0.15) is 28.5 Å². The summed E-state index contributed by atoms with van der Waals surface area (Å²) in [6, 6.07) is 13.6. The number of pyridine rings is 1. The first-order chi connectivity index (χ1) is 29.5. The van der Waals surface area contributed by atoms with Gasteiger partial charge in [-0.15, -0.1) is 0 Å². The Hall–Kier alpha value is -4.87. The number of nitrogens with zero attached hydrogens (tertiary/aromatic N) is 4. The van der Waals surface area contributed by atoms with Gasteiger partial charge in [-0.1, -0.05) is 25.0 Å².